The summed E-state index contributed by atoms with van der Waals surface area (Å²) >= 11 is 12.2. The number of alkyl halides is 2. The fourth-order valence-electron chi connectivity index (χ4n) is 6.62. The maximum absolute atomic E-state index is 13.5. The number of imide groups is 1. The van der Waals surface area contributed by atoms with E-state index in [-0.39, 0.29) is 63.1 Å². The zero-order valence-corrected chi connectivity index (χ0v) is 27.3. The number of hydrogen-bond acceptors (Lipinski definition) is 7. The molecule has 7 rings (SSSR count). The minimum absolute atomic E-state index is 0.134. The molecule has 212 valence electrons. The Hall–Kier alpha value is -2.73. The number of esters is 1. The molecule has 2 aromatic carbocycles. The van der Waals surface area contributed by atoms with Gasteiger partial charge in [0.2, 0.25) is 17.6 Å². The van der Waals surface area contributed by atoms with Gasteiger partial charge in [-0.3, -0.25) is 19.3 Å². The number of ketones is 1. The van der Waals surface area contributed by atoms with Crippen LogP contribution in [0.2, 0.25) is 0 Å². The average Bonchev–Trinajstić information content (AvgIpc) is 3.77. The van der Waals surface area contributed by atoms with Crippen LogP contribution in [-0.2, 0) is 14.3 Å². The van der Waals surface area contributed by atoms with Gasteiger partial charge in [-0.15, -0.1) is 11.3 Å². The number of thiophene rings is 1. The van der Waals surface area contributed by atoms with Crippen molar-refractivity contribution in [3.8, 4) is 11.3 Å². The number of fused-ring (bicyclic) bond motifs is 6. The number of benzene rings is 2. The Balaban J connectivity index is 1.17. The van der Waals surface area contributed by atoms with E-state index in [1.54, 1.807) is 60.0 Å². The molecule has 2 amide bonds. The van der Waals surface area contributed by atoms with Crippen molar-refractivity contribution < 1.29 is 23.9 Å². The SMILES string of the molecule is O=C(COC(=O)c1cc(-c2ccc(N3C(=O)C4C5CC(C(Br)C5Br)C4C3=O)cc2)nc2ccc(Br)cc12)c1cccs1. The van der Waals surface area contributed by atoms with E-state index in [1.807, 2.05) is 6.07 Å². The summed E-state index contributed by atoms with van der Waals surface area (Å²) in [6.45, 7) is -0.367. The van der Waals surface area contributed by atoms with Gasteiger partial charge in [-0.05, 0) is 66.1 Å². The Morgan fingerprint density at radius 3 is 2.29 bits per heavy atom. The van der Waals surface area contributed by atoms with Crippen LogP contribution in [0.1, 0.15) is 26.5 Å². The summed E-state index contributed by atoms with van der Waals surface area (Å²) in [5.74, 6) is -1.46. The molecule has 2 saturated carbocycles. The largest absolute Gasteiger partial charge is 0.454 e. The summed E-state index contributed by atoms with van der Waals surface area (Å²) < 4.78 is 6.19. The number of carbonyl (C=O) groups excluding carboxylic acids is 4. The van der Waals surface area contributed by atoms with Gasteiger partial charge in [0.15, 0.2) is 6.61 Å². The highest BCUT2D eigenvalue weighted by Gasteiger charge is 2.66. The third-order valence-electron chi connectivity index (χ3n) is 8.53. The normalized spacial score (nSPS) is 26.2. The van der Waals surface area contributed by atoms with E-state index < -0.39 is 5.97 Å². The molecule has 42 heavy (non-hydrogen) atoms. The number of hydrogen-bond donors (Lipinski definition) is 0. The molecule has 2 aromatic heterocycles. The van der Waals surface area contributed by atoms with E-state index in [4.69, 9.17) is 9.72 Å². The van der Waals surface area contributed by atoms with Crippen molar-refractivity contribution in [3.63, 3.8) is 0 Å². The molecule has 4 aromatic rings. The van der Waals surface area contributed by atoms with Crippen molar-refractivity contribution in [3.05, 3.63) is 81.0 Å². The number of ether oxygens (including phenoxy) is 1. The van der Waals surface area contributed by atoms with Gasteiger partial charge < -0.3 is 4.74 Å². The number of pyridine rings is 1. The number of carbonyl (C=O) groups is 4. The lowest BCUT2D eigenvalue weighted by atomic mass is 9.81. The number of amides is 2. The van der Waals surface area contributed by atoms with Crippen LogP contribution in [0.15, 0.2) is 70.5 Å². The van der Waals surface area contributed by atoms with Gasteiger partial charge in [0, 0.05) is 25.1 Å². The lowest BCUT2D eigenvalue weighted by molar-refractivity contribution is -0.123. The lowest BCUT2D eigenvalue weighted by Gasteiger charge is -2.28. The van der Waals surface area contributed by atoms with E-state index in [9.17, 15) is 19.2 Å². The minimum Gasteiger partial charge on any atom is -0.454 e. The van der Waals surface area contributed by atoms with Crippen LogP contribution < -0.4 is 4.90 Å². The van der Waals surface area contributed by atoms with Crippen LogP contribution in [0.5, 0.6) is 0 Å². The Kier molecular flexibility index (Phi) is 7.19. The molecule has 0 spiro atoms. The van der Waals surface area contributed by atoms with Gasteiger partial charge in [-0.1, -0.05) is 66.0 Å². The highest BCUT2D eigenvalue weighted by molar-refractivity contribution is 9.12. The monoisotopic (exact) mass is 770 g/mol. The van der Waals surface area contributed by atoms with Crippen molar-refractivity contribution in [1.29, 1.82) is 0 Å². The van der Waals surface area contributed by atoms with Crippen molar-refractivity contribution in [2.75, 3.05) is 11.5 Å². The zero-order valence-electron chi connectivity index (χ0n) is 21.7. The molecular weight excluding hydrogens is 752 g/mol. The smallest absolute Gasteiger partial charge is 0.339 e. The second-order valence-electron chi connectivity index (χ2n) is 10.8. The van der Waals surface area contributed by atoms with E-state index >= 15 is 0 Å². The molecule has 3 aliphatic rings. The van der Waals surface area contributed by atoms with Crippen LogP contribution in [0.3, 0.4) is 0 Å². The second-order valence-corrected chi connectivity index (χ2v) is 14.7. The fourth-order valence-corrected chi connectivity index (χ4v) is 9.50. The maximum atomic E-state index is 13.5. The summed E-state index contributed by atoms with van der Waals surface area (Å²) in [6, 6.07) is 17.6. The van der Waals surface area contributed by atoms with E-state index in [1.165, 1.54) is 16.2 Å². The minimum atomic E-state index is -0.632. The Bertz CT molecular complexity index is 1750. The summed E-state index contributed by atoms with van der Waals surface area (Å²) in [4.78, 5) is 59.5. The molecule has 7 nitrogen and oxygen atoms in total. The van der Waals surface area contributed by atoms with Crippen LogP contribution in [-0.4, -0.2) is 44.8 Å². The predicted octanol–water partition coefficient (Wildman–Crippen LogP) is 7.05. The highest BCUT2D eigenvalue weighted by atomic mass is 79.9. The number of anilines is 1. The standard InChI is InChI=1S/C31H21Br3N2O5S/c32-15-5-8-21-17(10-15)18(31(40)41-13-23(37)24-2-1-9-42-24)12-22(35-21)14-3-6-16(7-4-14)36-29(38)25-19-11-20(26(25)30(36)39)28(34)27(19)33/h1-10,12,19-20,25-28H,11,13H2. The third kappa shape index (κ3) is 4.51. The van der Waals surface area contributed by atoms with Crippen molar-refractivity contribution in [2.45, 2.75) is 16.1 Å². The van der Waals surface area contributed by atoms with Gasteiger partial charge in [0.05, 0.1) is 39.2 Å². The van der Waals surface area contributed by atoms with E-state index in [0.717, 1.165) is 10.9 Å². The van der Waals surface area contributed by atoms with Gasteiger partial charge in [-0.25, -0.2) is 9.78 Å². The molecule has 3 fully saturated rings. The number of halogens is 3. The lowest BCUT2D eigenvalue weighted by Crippen LogP contribution is -2.37. The summed E-state index contributed by atoms with van der Waals surface area (Å²) in [6.07, 6.45) is 0.878. The molecule has 0 N–H and O–H groups in total. The molecule has 2 aliphatic carbocycles. The molecule has 6 atom stereocenters. The van der Waals surface area contributed by atoms with Gasteiger partial charge >= 0.3 is 5.97 Å². The van der Waals surface area contributed by atoms with Crippen LogP contribution in [0.25, 0.3) is 22.2 Å². The first-order valence-electron chi connectivity index (χ1n) is 13.3. The zero-order chi connectivity index (χ0) is 29.3. The fraction of sp³-hybridized carbons (Fsp3) is 0.258. The van der Waals surface area contributed by atoms with E-state index in [0.29, 0.717) is 32.7 Å². The van der Waals surface area contributed by atoms with Crippen molar-refractivity contribution in [1.82, 2.24) is 4.98 Å². The molecule has 1 saturated heterocycles. The first-order valence-corrected chi connectivity index (χ1v) is 16.8. The Morgan fingerprint density at radius 1 is 0.952 bits per heavy atom. The topological polar surface area (TPSA) is 93.6 Å². The summed E-state index contributed by atoms with van der Waals surface area (Å²) in [5.41, 5.74) is 2.61. The first-order chi connectivity index (χ1) is 20.2. The van der Waals surface area contributed by atoms with Crippen LogP contribution >= 0.6 is 59.1 Å². The van der Waals surface area contributed by atoms with Gasteiger partial charge in [-0.2, -0.15) is 0 Å². The average molecular weight is 773 g/mol. The van der Waals surface area contributed by atoms with E-state index in [2.05, 4.69) is 47.8 Å². The highest BCUT2D eigenvalue weighted by Crippen LogP contribution is 2.60. The van der Waals surface area contributed by atoms with Gasteiger partial charge in [0.25, 0.3) is 0 Å². The molecular formula is C31H21Br3N2O5S. The molecule has 3 heterocycles. The molecule has 2 bridgehead atoms. The Labute approximate surface area is 270 Å². The molecule has 11 heteroatoms. The van der Waals surface area contributed by atoms with Crippen LogP contribution in [0, 0.1) is 23.7 Å². The second kappa shape index (κ2) is 10.8. The van der Waals surface area contributed by atoms with Crippen molar-refractivity contribution >= 4 is 99.3 Å². The van der Waals surface area contributed by atoms with Crippen LogP contribution in [0.4, 0.5) is 5.69 Å². The summed E-state index contributed by atoms with van der Waals surface area (Å²) in [7, 11) is 0. The Morgan fingerprint density at radius 2 is 1.64 bits per heavy atom. The molecule has 6 unspecified atom stereocenters. The first kappa shape index (κ1) is 28.1. The number of rotatable bonds is 6. The number of aromatic nitrogens is 1. The quantitative estimate of drug-likeness (QED) is 0.0904. The number of nitrogens with zero attached hydrogens (tertiary/aromatic N) is 2. The summed E-state index contributed by atoms with van der Waals surface area (Å²) in [5, 5.41) is 2.38. The van der Waals surface area contributed by atoms with Gasteiger partial charge in [0.1, 0.15) is 0 Å². The van der Waals surface area contributed by atoms with Crippen molar-refractivity contribution in [2.24, 2.45) is 23.7 Å². The molecule has 0 radical (unpaired) electrons. The predicted molar refractivity (Wildman–Crippen MR) is 170 cm³/mol. The maximum Gasteiger partial charge on any atom is 0.339 e. The third-order valence-corrected chi connectivity index (χ3v) is 13.1. The molecule has 1 aliphatic heterocycles. The number of Topliss-reactive ketones (excluding diaryl/α,β-unsaturated/α-hetero) is 1.